The standard InChI is InChI=1S/C68H124O5/c1-3-5-7-9-11-13-15-17-19-21-23-24-25-26-27-28-29-30-31-32-33-34-35-36-37-38-39-40-41-42-43-44-45-47-49-51-53-55-57-59-61-63-68(71)73-66(64-69)65-72-67(70)62-60-58-56-54-52-50-48-46-22-20-18-16-14-12-10-8-6-4-2/h5,7,11,13,17,19,23-24,26-27,66,69H,3-4,6,8-10,12,14-16,18,20-22,25,28-65H2,1-2H3/b7-5-,13-11-,19-17-,24-23-,27-26-. The SMILES string of the molecule is CC/C=C\C/C=C\C/C=C\C/C=C\C/C=C\CCCCCCCCCCCCCCCCCCCCCCCCCCCC(=O)OC(CO)COC(=O)CCCCCCCCCCCCCCCCCCCC. The summed E-state index contributed by atoms with van der Waals surface area (Å²) in [6, 6.07) is 0. The number of carbonyl (C=O) groups is 2. The average molecular weight is 1020 g/mol. The van der Waals surface area contributed by atoms with Gasteiger partial charge >= 0.3 is 11.9 Å². The van der Waals surface area contributed by atoms with Crippen molar-refractivity contribution in [2.75, 3.05) is 13.2 Å². The van der Waals surface area contributed by atoms with Crippen LogP contribution in [0, 0.1) is 0 Å². The Hall–Kier alpha value is -2.40. The van der Waals surface area contributed by atoms with E-state index in [4.69, 9.17) is 9.47 Å². The maximum Gasteiger partial charge on any atom is 0.306 e. The summed E-state index contributed by atoms with van der Waals surface area (Å²) in [4.78, 5) is 24.5. The van der Waals surface area contributed by atoms with Crippen molar-refractivity contribution < 1.29 is 24.2 Å². The van der Waals surface area contributed by atoms with Crippen molar-refractivity contribution in [2.24, 2.45) is 0 Å². The van der Waals surface area contributed by atoms with Crippen LogP contribution in [0.15, 0.2) is 60.8 Å². The van der Waals surface area contributed by atoms with Gasteiger partial charge in [0.05, 0.1) is 6.61 Å². The number of esters is 2. The molecule has 0 aliphatic rings. The van der Waals surface area contributed by atoms with E-state index in [1.165, 1.54) is 250 Å². The number of allylic oxidation sites excluding steroid dienone is 10. The van der Waals surface area contributed by atoms with Crippen LogP contribution >= 0.6 is 0 Å². The van der Waals surface area contributed by atoms with E-state index in [-0.39, 0.29) is 25.2 Å². The number of unbranched alkanes of at least 4 members (excludes halogenated alkanes) is 42. The van der Waals surface area contributed by atoms with E-state index >= 15 is 0 Å². The lowest BCUT2D eigenvalue weighted by atomic mass is 10.0. The molecule has 0 amide bonds. The second kappa shape index (κ2) is 63.9. The first-order valence-corrected chi connectivity index (χ1v) is 32.3. The van der Waals surface area contributed by atoms with Crippen LogP contribution in [0.25, 0.3) is 0 Å². The average Bonchev–Trinajstić information content (AvgIpc) is 3.39. The van der Waals surface area contributed by atoms with E-state index in [0.717, 1.165) is 64.2 Å². The maximum absolute atomic E-state index is 12.3. The van der Waals surface area contributed by atoms with E-state index < -0.39 is 6.10 Å². The van der Waals surface area contributed by atoms with Gasteiger partial charge in [-0.15, -0.1) is 0 Å². The highest BCUT2D eigenvalue weighted by Gasteiger charge is 2.16. The zero-order chi connectivity index (χ0) is 52.7. The highest BCUT2D eigenvalue weighted by Crippen LogP contribution is 2.18. The van der Waals surface area contributed by atoms with Gasteiger partial charge in [-0.2, -0.15) is 0 Å². The Morgan fingerprint density at radius 1 is 0.329 bits per heavy atom. The van der Waals surface area contributed by atoms with Crippen molar-refractivity contribution in [1.29, 1.82) is 0 Å². The van der Waals surface area contributed by atoms with E-state index in [9.17, 15) is 14.7 Å². The molecule has 0 aromatic carbocycles. The lowest BCUT2D eigenvalue weighted by molar-refractivity contribution is -0.161. The van der Waals surface area contributed by atoms with Gasteiger partial charge in [-0.05, 0) is 57.8 Å². The van der Waals surface area contributed by atoms with E-state index in [0.29, 0.717) is 12.8 Å². The molecule has 0 saturated heterocycles. The predicted molar refractivity (Wildman–Crippen MR) is 320 cm³/mol. The molecule has 1 N–H and O–H groups in total. The molecule has 0 rings (SSSR count). The molecular weight excluding hydrogens is 897 g/mol. The lowest BCUT2D eigenvalue weighted by Crippen LogP contribution is -2.28. The molecule has 1 unspecified atom stereocenters. The molecule has 0 bridgehead atoms. The molecule has 5 heteroatoms. The van der Waals surface area contributed by atoms with Gasteiger partial charge in [0.25, 0.3) is 0 Å². The van der Waals surface area contributed by atoms with Crippen molar-refractivity contribution in [1.82, 2.24) is 0 Å². The summed E-state index contributed by atoms with van der Waals surface area (Å²) in [5, 5.41) is 9.67. The molecule has 0 aliphatic carbocycles. The topological polar surface area (TPSA) is 72.8 Å². The fraction of sp³-hybridized carbons (Fsp3) is 0.824. The third kappa shape index (κ3) is 62.0. The number of aliphatic hydroxyl groups excluding tert-OH is 1. The van der Waals surface area contributed by atoms with Gasteiger partial charge in [0.15, 0.2) is 6.10 Å². The monoisotopic (exact) mass is 1020 g/mol. The van der Waals surface area contributed by atoms with Crippen LogP contribution < -0.4 is 0 Å². The van der Waals surface area contributed by atoms with Crippen molar-refractivity contribution in [3.63, 3.8) is 0 Å². The predicted octanol–water partition coefficient (Wildman–Crippen LogP) is 22.1. The summed E-state index contributed by atoms with van der Waals surface area (Å²) >= 11 is 0. The highest BCUT2D eigenvalue weighted by atomic mass is 16.6. The molecule has 0 aliphatic heterocycles. The number of carbonyl (C=O) groups excluding carboxylic acids is 2. The Labute approximate surface area is 455 Å². The summed E-state index contributed by atoms with van der Waals surface area (Å²) in [6.45, 7) is 4.07. The van der Waals surface area contributed by atoms with Gasteiger partial charge in [-0.25, -0.2) is 0 Å². The minimum Gasteiger partial charge on any atom is -0.462 e. The second-order valence-electron chi connectivity index (χ2n) is 21.8. The maximum atomic E-state index is 12.3. The summed E-state index contributed by atoms with van der Waals surface area (Å²) in [7, 11) is 0. The van der Waals surface area contributed by atoms with Crippen LogP contribution in [-0.4, -0.2) is 36.4 Å². The van der Waals surface area contributed by atoms with Crippen LogP contribution in [0.5, 0.6) is 0 Å². The minimum absolute atomic E-state index is 0.0592. The summed E-state index contributed by atoms with van der Waals surface area (Å²) < 4.78 is 10.7. The highest BCUT2D eigenvalue weighted by molar-refractivity contribution is 5.70. The molecule has 73 heavy (non-hydrogen) atoms. The molecule has 0 fully saturated rings. The molecule has 0 radical (unpaired) electrons. The minimum atomic E-state index is -0.768. The number of rotatable bonds is 60. The summed E-state index contributed by atoms with van der Waals surface area (Å²) in [5.74, 6) is -0.569. The van der Waals surface area contributed by atoms with E-state index in [1.807, 2.05) is 0 Å². The Bertz CT molecular complexity index is 1250. The van der Waals surface area contributed by atoms with Gasteiger partial charge in [0.2, 0.25) is 0 Å². The normalized spacial score (nSPS) is 12.5. The van der Waals surface area contributed by atoms with Gasteiger partial charge < -0.3 is 14.6 Å². The van der Waals surface area contributed by atoms with Crippen molar-refractivity contribution in [2.45, 2.75) is 347 Å². The lowest BCUT2D eigenvalue weighted by Gasteiger charge is -2.15. The quantitative estimate of drug-likeness (QED) is 0.0373. The first kappa shape index (κ1) is 70.6. The zero-order valence-electron chi connectivity index (χ0n) is 48.9. The molecule has 5 nitrogen and oxygen atoms in total. The fourth-order valence-corrected chi connectivity index (χ4v) is 9.76. The van der Waals surface area contributed by atoms with Crippen LogP contribution in [-0.2, 0) is 19.1 Å². The molecule has 426 valence electrons. The molecule has 0 spiro atoms. The fourth-order valence-electron chi connectivity index (χ4n) is 9.76. The Balaban J connectivity index is 3.38. The van der Waals surface area contributed by atoms with Crippen LogP contribution in [0.4, 0.5) is 0 Å². The first-order chi connectivity index (χ1) is 36.1. The Kier molecular flexibility index (Phi) is 61.8. The molecule has 0 saturated carbocycles. The first-order valence-electron chi connectivity index (χ1n) is 32.3. The zero-order valence-corrected chi connectivity index (χ0v) is 48.9. The summed E-state index contributed by atoms with van der Waals surface area (Å²) in [6.07, 6.45) is 86.7. The molecule has 0 heterocycles. The van der Waals surface area contributed by atoms with Crippen molar-refractivity contribution >= 4 is 11.9 Å². The number of ether oxygens (including phenoxy) is 2. The smallest absolute Gasteiger partial charge is 0.306 e. The third-order valence-corrected chi connectivity index (χ3v) is 14.6. The third-order valence-electron chi connectivity index (χ3n) is 14.6. The Morgan fingerprint density at radius 3 is 0.890 bits per heavy atom. The van der Waals surface area contributed by atoms with Crippen LogP contribution in [0.3, 0.4) is 0 Å². The second-order valence-corrected chi connectivity index (χ2v) is 21.8. The van der Waals surface area contributed by atoms with Crippen LogP contribution in [0.1, 0.15) is 341 Å². The molecule has 1 atom stereocenters. The molecule has 0 aromatic rings. The van der Waals surface area contributed by atoms with Crippen molar-refractivity contribution in [3.05, 3.63) is 60.8 Å². The van der Waals surface area contributed by atoms with Gasteiger partial charge in [0, 0.05) is 12.8 Å². The van der Waals surface area contributed by atoms with Gasteiger partial charge in [-0.1, -0.05) is 331 Å². The van der Waals surface area contributed by atoms with Crippen LogP contribution in [0.2, 0.25) is 0 Å². The van der Waals surface area contributed by atoms with E-state index in [1.54, 1.807) is 0 Å². The Morgan fingerprint density at radius 2 is 0.589 bits per heavy atom. The summed E-state index contributed by atoms with van der Waals surface area (Å²) in [5.41, 5.74) is 0. The van der Waals surface area contributed by atoms with Crippen molar-refractivity contribution in [3.8, 4) is 0 Å². The number of hydrogen-bond acceptors (Lipinski definition) is 5. The largest absolute Gasteiger partial charge is 0.462 e. The number of hydrogen-bond donors (Lipinski definition) is 1. The molecular formula is C68H124O5. The van der Waals surface area contributed by atoms with Gasteiger partial charge in [-0.3, -0.25) is 9.59 Å². The number of aliphatic hydroxyl groups is 1. The molecule has 0 aromatic heterocycles. The van der Waals surface area contributed by atoms with E-state index in [2.05, 4.69) is 74.6 Å². The van der Waals surface area contributed by atoms with Gasteiger partial charge in [0.1, 0.15) is 6.61 Å².